The maximum atomic E-state index is 10.5. The molecule has 0 amide bonds. The van der Waals surface area contributed by atoms with Crippen LogP contribution in [-0.4, -0.2) is 15.8 Å². The van der Waals surface area contributed by atoms with Crippen molar-refractivity contribution < 1.29 is 0 Å². The molecule has 6 nitrogen and oxygen atoms in total. The first-order chi connectivity index (χ1) is 50.3. The van der Waals surface area contributed by atoms with Gasteiger partial charge in [-0.25, -0.2) is 0 Å². The fraction of sp³-hybridized carbons (Fsp3) is 0.0947. The number of anilines is 6. The van der Waals surface area contributed by atoms with E-state index in [1.165, 1.54) is 75.2 Å². The van der Waals surface area contributed by atoms with E-state index in [-0.39, 0.29) is 23.5 Å². The minimum atomic E-state index is -0.317. The quantitative estimate of drug-likeness (QED) is 0.149. The van der Waals surface area contributed by atoms with E-state index in [9.17, 15) is 10.5 Å². The van der Waals surface area contributed by atoms with E-state index in [1.54, 1.807) is 0 Å². The Morgan fingerprint density at radius 2 is 0.864 bits per heavy atom. The number of nitrogens with zero attached hydrogens (tertiary/aromatic N) is 6. The fourth-order valence-corrected chi connectivity index (χ4v) is 18.9. The van der Waals surface area contributed by atoms with Gasteiger partial charge in [-0.05, 0) is 180 Å². The first kappa shape index (κ1) is 60.5. The second-order valence-electron chi connectivity index (χ2n) is 30.1. The third kappa shape index (κ3) is 9.04. The molecule has 103 heavy (non-hydrogen) atoms. The zero-order chi connectivity index (χ0) is 69.3. The van der Waals surface area contributed by atoms with Crippen molar-refractivity contribution in [3.63, 3.8) is 0 Å². The highest BCUT2D eigenvalue weighted by Gasteiger charge is 2.47. The van der Waals surface area contributed by atoms with Crippen LogP contribution in [0.25, 0.3) is 109 Å². The maximum Gasteiger partial charge on any atom is 0.254 e. The Labute approximate surface area is 603 Å². The monoisotopic (exact) mass is 1330 g/mol. The molecule has 0 saturated heterocycles. The molecule has 5 heterocycles. The SMILES string of the molecule is CC(C)(C)c1ccc2c(c1)c1cc(C(C)(C)C)ccc1n2-c1cc2c3c(c1)N(c1ccccc1-c1ccccc1)c1cc(-n4c5ccccc5c5cc(C#N)ccc54)c4c(sc5ccccc54)c1B3c1ccc(C3c4ccccc4-c4cc(C#N)ccc43)cc1N2c1ccccc1-c1ccccc1. The van der Waals surface area contributed by atoms with Crippen LogP contribution in [-0.2, 0) is 10.8 Å². The van der Waals surface area contributed by atoms with Crippen LogP contribution in [0.2, 0.25) is 0 Å². The Hall–Kier alpha value is -12.5. The second-order valence-corrected chi connectivity index (χ2v) is 31.2. The van der Waals surface area contributed by atoms with E-state index in [2.05, 4.69) is 352 Å². The van der Waals surface area contributed by atoms with Crippen molar-refractivity contribution in [2.24, 2.45) is 0 Å². The van der Waals surface area contributed by atoms with Gasteiger partial charge in [-0.15, -0.1) is 11.3 Å². The first-order valence-corrected chi connectivity index (χ1v) is 36.5. The normalized spacial score (nSPS) is 13.7. The van der Waals surface area contributed by atoms with Gasteiger partial charge in [0.05, 0.1) is 68.1 Å². The number of hydrogen-bond acceptors (Lipinski definition) is 5. The summed E-state index contributed by atoms with van der Waals surface area (Å²) >= 11 is 1.89. The van der Waals surface area contributed by atoms with E-state index in [0.29, 0.717) is 11.1 Å². The lowest BCUT2D eigenvalue weighted by Gasteiger charge is -2.45. The van der Waals surface area contributed by atoms with Crippen LogP contribution in [0, 0.1) is 22.7 Å². The number of thiophene rings is 1. The van der Waals surface area contributed by atoms with Crippen LogP contribution in [0.4, 0.5) is 34.1 Å². The van der Waals surface area contributed by atoms with Gasteiger partial charge in [0, 0.05) is 81.5 Å². The number of fused-ring (bicyclic) bond motifs is 17. The Morgan fingerprint density at radius 3 is 1.51 bits per heavy atom. The highest BCUT2D eigenvalue weighted by Crippen LogP contribution is 2.55. The second kappa shape index (κ2) is 22.5. The summed E-state index contributed by atoms with van der Waals surface area (Å²) in [6, 6.07) is 113. The van der Waals surface area contributed by atoms with Crippen molar-refractivity contribution in [3.05, 3.63) is 330 Å². The van der Waals surface area contributed by atoms with Crippen molar-refractivity contribution in [3.8, 4) is 56.9 Å². The molecule has 20 rings (SSSR count). The number of para-hydroxylation sites is 3. The van der Waals surface area contributed by atoms with E-state index < -0.39 is 0 Å². The van der Waals surface area contributed by atoms with Gasteiger partial charge in [0.25, 0.3) is 6.71 Å². The Bertz CT molecular complexity index is 6510. The summed E-state index contributed by atoms with van der Waals surface area (Å²) in [5, 5.41) is 27.9. The predicted octanol–water partition coefficient (Wildman–Crippen LogP) is 23.2. The summed E-state index contributed by atoms with van der Waals surface area (Å²) in [4.78, 5) is 5.29. The number of benzene rings is 14. The van der Waals surface area contributed by atoms with Gasteiger partial charge >= 0.3 is 0 Å². The largest absolute Gasteiger partial charge is 0.311 e. The number of nitriles is 2. The molecule has 0 radical (unpaired) electrons. The molecule has 17 aromatic rings. The maximum absolute atomic E-state index is 10.5. The van der Waals surface area contributed by atoms with Crippen molar-refractivity contribution in [1.29, 1.82) is 10.5 Å². The van der Waals surface area contributed by atoms with Gasteiger partial charge in [0.15, 0.2) is 0 Å². The summed E-state index contributed by atoms with van der Waals surface area (Å²) in [5.41, 5.74) is 30.6. The summed E-state index contributed by atoms with van der Waals surface area (Å²) in [5.74, 6) is -0.122. The van der Waals surface area contributed by atoms with Crippen LogP contribution in [0.5, 0.6) is 0 Å². The minimum absolute atomic E-state index is 0.103. The molecule has 8 heteroatoms. The highest BCUT2D eigenvalue weighted by atomic mass is 32.1. The molecule has 1 atom stereocenters. The van der Waals surface area contributed by atoms with E-state index in [4.69, 9.17) is 0 Å². The third-order valence-electron chi connectivity index (χ3n) is 22.3. The van der Waals surface area contributed by atoms with Crippen molar-refractivity contribution in [1.82, 2.24) is 9.13 Å². The lowest BCUT2D eigenvalue weighted by atomic mass is 9.33. The molecule has 0 saturated carbocycles. The van der Waals surface area contributed by atoms with Gasteiger partial charge in [-0.1, -0.05) is 230 Å². The first-order valence-electron chi connectivity index (χ1n) is 35.7. The Balaban J connectivity index is 0.986. The van der Waals surface area contributed by atoms with Gasteiger partial charge in [-0.3, -0.25) is 0 Å². The standard InChI is InChI=1S/C95H67BN6S/c1-94(2,3)62-40-45-80-74(50-62)75-51-63(95(4,5)6)41-46-81(75)99(80)64-52-85-91-86(53-64)102(78-34-20-16-28-66(78)60-25-11-8-12-26-60)87-54-84(100-79-35-21-17-30-68(79)73-48-58(56-98)38-44-82(73)100)90-71-32-18-22-36-88(71)103-93(90)92(87)96(91)76-43-39-61(89-69-31-14-13-29-67(69)72-47-57(55-97)37-42-70(72)89)49-83(76)101(85)77-33-19-15-27-65(77)59-23-9-7-10-24-59/h7-54,89H,1-6H3. The minimum Gasteiger partial charge on any atom is -0.311 e. The van der Waals surface area contributed by atoms with Crippen molar-refractivity contribution >= 4 is 132 Å². The summed E-state index contributed by atoms with van der Waals surface area (Å²) in [6.45, 7) is 13.6. The number of hydrogen-bond donors (Lipinski definition) is 0. The number of aromatic nitrogens is 2. The average molecular weight is 1340 g/mol. The molecule has 0 N–H and O–H groups in total. The predicted molar refractivity (Wildman–Crippen MR) is 433 cm³/mol. The summed E-state index contributed by atoms with van der Waals surface area (Å²) in [6.07, 6.45) is 0. The topological polar surface area (TPSA) is 63.9 Å². The van der Waals surface area contributed by atoms with Crippen LogP contribution in [0.1, 0.15) is 86.4 Å². The Morgan fingerprint density at radius 1 is 0.359 bits per heavy atom. The molecular formula is C95H67BN6S. The smallest absolute Gasteiger partial charge is 0.254 e. The van der Waals surface area contributed by atoms with Crippen molar-refractivity contribution in [2.45, 2.75) is 58.3 Å². The molecule has 1 unspecified atom stereocenters. The fourth-order valence-electron chi connectivity index (χ4n) is 17.6. The van der Waals surface area contributed by atoms with E-state index >= 15 is 0 Å². The molecule has 0 bridgehead atoms. The third-order valence-corrected chi connectivity index (χ3v) is 23.5. The number of rotatable bonds is 7. The molecule has 3 aliphatic rings. The van der Waals surface area contributed by atoms with Gasteiger partial charge in [-0.2, -0.15) is 10.5 Å². The van der Waals surface area contributed by atoms with Crippen molar-refractivity contribution in [2.75, 3.05) is 9.80 Å². The lowest BCUT2D eigenvalue weighted by Crippen LogP contribution is -2.61. The van der Waals surface area contributed by atoms with Crippen LogP contribution >= 0.6 is 11.3 Å². The van der Waals surface area contributed by atoms with Crippen LogP contribution in [0.3, 0.4) is 0 Å². The average Bonchev–Trinajstić information content (AvgIpc) is 1.52. The molecule has 14 aromatic carbocycles. The molecule has 486 valence electrons. The van der Waals surface area contributed by atoms with Crippen LogP contribution in [0.15, 0.2) is 291 Å². The molecule has 3 aromatic heterocycles. The summed E-state index contributed by atoms with van der Waals surface area (Å²) in [7, 11) is 0. The molecule has 2 aliphatic heterocycles. The highest BCUT2D eigenvalue weighted by molar-refractivity contribution is 7.28. The van der Waals surface area contributed by atoms with Gasteiger partial charge in [0.2, 0.25) is 0 Å². The molecule has 0 fully saturated rings. The van der Waals surface area contributed by atoms with Gasteiger partial charge < -0.3 is 18.9 Å². The van der Waals surface area contributed by atoms with E-state index in [1.807, 2.05) is 23.5 Å². The van der Waals surface area contributed by atoms with Gasteiger partial charge in [0.1, 0.15) is 0 Å². The lowest BCUT2D eigenvalue weighted by molar-refractivity contribution is 0.590. The van der Waals surface area contributed by atoms with E-state index in [0.717, 1.165) is 112 Å². The Kier molecular flexibility index (Phi) is 13.2. The molecular weight excluding hydrogens is 1270 g/mol. The molecule has 0 spiro atoms. The zero-order valence-corrected chi connectivity index (χ0v) is 58.8. The zero-order valence-electron chi connectivity index (χ0n) is 58.0. The van der Waals surface area contributed by atoms with Crippen LogP contribution < -0.4 is 26.2 Å². The molecule has 1 aliphatic carbocycles. The summed E-state index contributed by atoms with van der Waals surface area (Å²) < 4.78 is 7.47.